The summed E-state index contributed by atoms with van der Waals surface area (Å²) in [5.74, 6) is 0.826. The third-order valence-electron chi connectivity index (χ3n) is 2.42. The van der Waals surface area contributed by atoms with Gasteiger partial charge >= 0.3 is 0 Å². The Morgan fingerprint density at radius 1 is 1.31 bits per heavy atom. The Morgan fingerprint density at radius 3 is 2.69 bits per heavy atom. The van der Waals surface area contributed by atoms with Crippen LogP contribution < -0.4 is 10.5 Å². The molecule has 0 saturated carbocycles. The predicted octanol–water partition coefficient (Wildman–Crippen LogP) is 1.85. The number of rotatable bonds is 4. The number of ether oxygens (including phenoxy) is 1. The lowest BCUT2D eigenvalue weighted by molar-refractivity contribution is 0.414. The largest absolute Gasteiger partial charge is 0.497 e. The molecule has 2 rings (SSSR count). The first-order valence-corrected chi connectivity index (χ1v) is 5.13. The summed E-state index contributed by atoms with van der Waals surface area (Å²) in [5, 5.41) is 3.99. The maximum Gasteiger partial charge on any atom is 0.127 e. The van der Waals surface area contributed by atoms with Gasteiger partial charge in [-0.15, -0.1) is 0 Å². The fourth-order valence-electron chi connectivity index (χ4n) is 1.58. The fourth-order valence-corrected chi connectivity index (χ4v) is 1.58. The molecule has 4 heteroatoms. The van der Waals surface area contributed by atoms with Gasteiger partial charge in [-0.05, 0) is 37.2 Å². The molecule has 0 spiro atoms. The molecule has 0 saturated heterocycles. The van der Waals surface area contributed by atoms with Gasteiger partial charge in [-0.25, -0.2) is 0 Å². The van der Waals surface area contributed by atoms with Crippen molar-refractivity contribution in [2.45, 2.75) is 6.42 Å². The molecule has 0 fully saturated rings. The van der Waals surface area contributed by atoms with Crippen molar-refractivity contribution in [2.75, 3.05) is 13.7 Å². The zero-order valence-electron chi connectivity index (χ0n) is 9.14. The Labute approximate surface area is 94.0 Å². The maximum absolute atomic E-state index is 5.52. The second-order valence-electron chi connectivity index (χ2n) is 3.46. The molecular weight excluding hydrogens is 204 g/mol. The van der Waals surface area contributed by atoms with E-state index in [4.69, 9.17) is 15.0 Å². The summed E-state index contributed by atoms with van der Waals surface area (Å²) in [6.45, 7) is 0.588. The summed E-state index contributed by atoms with van der Waals surface area (Å²) in [7, 11) is 1.64. The Balaban J connectivity index is 2.31. The monoisotopic (exact) mass is 218 g/mol. The Hall–Kier alpha value is -1.81. The highest BCUT2D eigenvalue weighted by atomic mass is 16.5. The molecule has 2 aromatic rings. The van der Waals surface area contributed by atoms with Gasteiger partial charge in [-0.2, -0.15) is 0 Å². The van der Waals surface area contributed by atoms with E-state index in [0.717, 1.165) is 29.0 Å². The third-order valence-corrected chi connectivity index (χ3v) is 2.42. The lowest BCUT2D eigenvalue weighted by atomic mass is 10.1. The second-order valence-corrected chi connectivity index (χ2v) is 3.46. The summed E-state index contributed by atoms with van der Waals surface area (Å²) < 4.78 is 10.1. The van der Waals surface area contributed by atoms with Gasteiger partial charge in [-0.3, -0.25) is 0 Å². The fraction of sp³-hybridized carbons (Fsp3) is 0.250. The van der Waals surface area contributed by atoms with Crippen molar-refractivity contribution in [3.05, 3.63) is 36.1 Å². The van der Waals surface area contributed by atoms with Crippen LogP contribution in [0.15, 0.2) is 35.1 Å². The van der Waals surface area contributed by atoms with E-state index in [0.29, 0.717) is 6.54 Å². The highest BCUT2D eigenvalue weighted by molar-refractivity contribution is 5.63. The highest BCUT2D eigenvalue weighted by Crippen LogP contribution is 2.24. The second kappa shape index (κ2) is 4.81. The highest BCUT2D eigenvalue weighted by Gasteiger charge is 2.09. The van der Waals surface area contributed by atoms with Crippen LogP contribution in [0.2, 0.25) is 0 Å². The average Bonchev–Trinajstić information content (AvgIpc) is 2.78. The molecule has 0 aliphatic heterocycles. The number of methoxy groups -OCH3 is 1. The number of nitrogens with two attached hydrogens (primary N) is 1. The van der Waals surface area contributed by atoms with Gasteiger partial charge in [0.2, 0.25) is 0 Å². The Kier molecular flexibility index (Phi) is 3.22. The predicted molar refractivity (Wildman–Crippen MR) is 61.2 cm³/mol. The normalized spacial score (nSPS) is 10.4. The van der Waals surface area contributed by atoms with Crippen LogP contribution >= 0.6 is 0 Å². The SMILES string of the molecule is COc1ccc(-c2nocc2CCN)cc1. The van der Waals surface area contributed by atoms with Gasteiger partial charge < -0.3 is 15.0 Å². The third kappa shape index (κ3) is 2.06. The number of hydrogen-bond acceptors (Lipinski definition) is 4. The van der Waals surface area contributed by atoms with Crippen LogP contribution in [0.25, 0.3) is 11.3 Å². The smallest absolute Gasteiger partial charge is 0.127 e. The molecule has 1 heterocycles. The van der Waals surface area contributed by atoms with Crippen molar-refractivity contribution in [1.29, 1.82) is 0 Å². The molecule has 0 atom stereocenters. The van der Waals surface area contributed by atoms with E-state index in [1.165, 1.54) is 0 Å². The van der Waals surface area contributed by atoms with Gasteiger partial charge in [0.05, 0.1) is 7.11 Å². The number of aromatic nitrogens is 1. The van der Waals surface area contributed by atoms with E-state index in [1.54, 1.807) is 13.4 Å². The van der Waals surface area contributed by atoms with E-state index < -0.39 is 0 Å². The van der Waals surface area contributed by atoms with Gasteiger partial charge in [0.15, 0.2) is 0 Å². The van der Waals surface area contributed by atoms with Crippen molar-refractivity contribution >= 4 is 0 Å². The lowest BCUT2D eigenvalue weighted by Gasteiger charge is -2.02. The molecule has 84 valence electrons. The molecule has 0 bridgehead atoms. The van der Waals surface area contributed by atoms with Crippen molar-refractivity contribution in [3.63, 3.8) is 0 Å². The molecule has 0 amide bonds. The van der Waals surface area contributed by atoms with Crippen LogP contribution in [-0.4, -0.2) is 18.8 Å². The molecule has 0 unspecified atom stereocenters. The van der Waals surface area contributed by atoms with Gasteiger partial charge in [0.25, 0.3) is 0 Å². The van der Waals surface area contributed by atoms with E-state index in [-0.39, 0.29) is 0 Å². The summed E-state index contributed by atoms with van der Waals surface area (Å²) in [5.41, 5.74) is 8.42. The first-order chi connectivity index (χ1) is 7.85. The summed E-state index contributed by atoms with van der Waals surface area (Å²) in [6.07, 6.45) is 2.41. The van der Waals surface area contributed by atoms with Crippen LogP contribution in [0.1, 0.15) is 5.56 Å². The van der Waals surface area contributed by atoms with E-state index in [9.17, 15) is 0 Å². The molecule has 0 aliphatic rings. The maximum atomic E-state index is 5.52. The van der Waals surface area contributed by atoms with E-state index in [1.807, 2.05) is 24.3 Å². The average molecular weight is 218 g/mol. The van der Waals surface area contributed by atoms with Gasteiger partial charge in [0, 0.05) is 11.1 Å². The van der Waals surface area contributed by atoms with E-state index in [2.05, 4.69) is 5.16 Å². The van der Waals surface area contributed by atoms with Crippen molar-refractivity contribution < 1.29 is 9.26 Å². The molecule has 0 aliphatic carbocycles. The zero-order valence-corrected chi connectivity index (χ0v) is 9.14. The van der Waals surface area contributed by atoms with Crippen LogP contribution in [0, 0.1) is 0 Å². The Morgan fingerprint density at radius 2 is 2.06 bits per heavy atom. The summed E-state index contributed by atoms with van der Waals surface area (Å²) in [4.78, 5) is 0. The zero-order chi connectivity index (χ0) is 11.4. The lowest BCUT2D eigenvalue weighted by Crippen LogP contribution is -2.02. The van der Waals surface area contributed by atoms with Crippen molar-refractivity contribution in [3.8, 4) is 17.0 Å². The van der Waals surface area contributed by atoms with Crippen molar-refractivity contribution in [1.82, 2.24) is 5.16 Å². The van der Waals surface area contributed by atoms with Crippen LogP contribution in [0.4, 0.5) is 0 Å². The number of nitrogens with zero attached hydrogens (tertiary/aromatic N) is 1. The first kappa shape index (κ1) is 10.7. The molecule has 0 radical (unpaired) electrons. The van der Waals surface area contributed by atoms with Gasteiger partial charge in [-0.1, -0.05) is 5.16 Å². The first-order valence-electron chi connectivity index (χ1n) is 5.13. The molecule has 1 aromatic carbocycles. The van der Waals surface area contributed by atoms with Crippen LogP contribution in [0.5, 0.6) is 5.75 Å². The molecule has 1 aromatic heterocycles. The summed E-state index contributed by atoms with van der Waals surface area (Å²) >= 11 is 0. The number of hydrogen-bond donors (Lipinski definition) is 1. The molecule has 4 nitrogen and oxygen atoms in total. The Bertz CT molecular complexity index is 448. The van der Waals surface area contributed by atoms with Crippen LogP contribution in [-0.2, 0) is 6.42 Å². The number of benzene rings is 1. The molecule has 16 heavy (non-hydrogen) atoms. The summed E-state index contributed by atoms with van der Waals surface area (Å²) in [6, 6.07) is 7.71. The minimum atomic E-state index is 0.588. The van der Waals surface area contributed by atoms with Gasteiger partial charge in [0.1, 0.15) is 17.7 Å². The quantitative estimate of drug-likeness (QED) is 0.850. The van der Waals surface area contributed by atoms with Crippen LogP contribution in [0.3, 0.4) is 0 Å². The topological polar surface area (TPSA) is 61.3 Å². The molecular formula is C12H14N2O2. The molecule has 2 N–H and O–H groups in total. The minimum absolute atomic E-state index is 0.588. The minimum Gasteiger partial charge on any atom is -0.497 e. The van der Waals surface area contributed by atoms with E-state index >= 15 is 0 Å². The van der Waals surface area contributed by atoms with Crippen molar-refractivity contribution in [2.24, 2.45) is 5.73 Å². The standard InChI is InChI=1S/C12H14N2O2/c1-15-11-4-2-9(3-5-11)12-10(6-7-13)8-16-14-12/h2-5,8H,6-7,13H2,1H3.